The summed E-state index contributed by atoms with van der Waals surface area (Å²) >= 11 is 2.63. The van der Waals surface area contributed by atoms with Crippen molar-refractivity contribution < 1.29 is 13.5 Å². The highest BCUT2D eigenvalue weighted by atomic mass is 32.2. The minimum absolute atomic E-state index is 0.0160. The summed E-state index contributed by atoms with van der Waals surface area (Å²) in [4.78, 5) is 0. The van der Waals surface area contributed by atoms with Gasteiger partial charge in [0.1, 0.15) is 0 Å². The normalized spacial score (nSPS) is 22.8. The minimum Gasteiger partial charge on any atom is -0.391 e. The van der Waals surface area contributed by atoms with Crippen LogP contribution in [-0.2, 0) is 9.84 Å². The molecule has 2 atom stereocenters. The SMILES string of the molecule is CC(C)c1ccc(Nc2nnc(S[C@H]3CS(=O)(=O)C[C@@H]3O)s2)cc1. The Hall–Kier alpha value is -1.16. The molecule has 0 saturated carbocycles. The predicted octanol–water partition coefficient (Wildman–Crippen LogP) is 2.66. The van der Waals surface area contributed by atoms with E-state index in [0.29, 0.717) is 15.4 Å². The molecule has 0 unspecified atom stereocenters. The Bertz CT molecular complexity index is 803. The van der Waals surface area contributed by atoms with E-state index in [1.165, 1.54) is 28.7 Å². The molecule has 0 aliphatic carbocycles. The fourth-order valence-corrected chi connectivity index (χ4v) is 6.95. The van der Waals surface area contributed by atoms with Gasteiger partial charge in [-0.25, -0.2) is 8.42 Å². The first kappa shape index (κ1) is 17.7. The predicted molar refractivity (Wildman–Crippen MR) is 98.0 cm³/mol. The lowest BCUT2D eigenvalue weighted by Gasteiger charge is -2.08. The van der Waals surface area contributed by atoms with Crippen molar-refractivity contribution in [2.45, 2.75) is 35.5 Å². The summed E-state index contributed by atoms with van der Waals surface area (Å²) in [7, 11) is -3.15. The van der Waals surface area contributed by atoms with Gasteiger partial charge in [-0.15, -0.1) is 10.2 Å². The lowest BCUT2D eigenvalue weighted by atomic mass is 10.0. The van der Waals surface area contributed by atoms with Crippen molar-refractivity contribution in [1.29, 1.82) is 0 Å². The molecule has 0 spiro atoms. The van der Waals surface area contributed by atoms with Crippen LogP contribution in [-0.4, -0.2) is 46.6 Å². The molecule has 2 N–H and O–H groups in total. The van der Waals surface area contributed by atoms with E-state index in [4.69, 9.17) is 0 Å². The standard InChI is InChI=1S/C15H19N3O3S3/c1-9(2)10-3-5-11(6-4-10)16-14-17-18-15(23-14)22-13-8-24(20,21)7-12(13)19/h3-6,9,12-13,19H,7-8H2,1-2H3,(H,16,17)/t12-,13-/m0/s1. The topological polar surface area (TPSA) is 92.2 Å². The number of anilines is 2. The van der Waals surface area contributed by atoms with Gasteiger partial charge in [0.15, 0.2) is 14.2 Å². The number of hydrogen-bond acceptors (Lipinski definition) is 8. The summed E-state index contributed by atoms with van der Waals surface area (Å²) in [6.07, 6.45) is -0.844. The molecule has 6 nitrogen and oxygen atoms in total. The van der Waals surface area contributed by atoms with E-state index in [1.807, 2.05) is 12.1 Å². The number of benzene rings is 1. The van der Waals surface area contributed by atoms with Crippen LogP contribution in [0.4, 0.5) is 10.8 Å². The Balaban J connectivity index is 1.63. The van der Waals surface area contributed by atoms with Crippen LogP contribution >= 0.6 is 23.1 Å². The maximum Gasteiger partial charge on any atom is 0.210 e. The number of hydrogen-bond donors (Lipinski definition) is 2. The first-order valence-electron chi connectivity index (χ1n) is 7.58. The van der Waals surface area contributed by atoms with Crippen LogP contribution in [0.25, 0.3) is 0 Å². The van der Waals surface area contributed by atoms with Gasteiger partial charge in [0.05, 0.1) is 22.9 Å². The van der Waals surface area contributed by atoms with Crippen molar-refractivity contribution in [3.63, 3.8) is 0 Å². The number of nitrogens with one attached hydrogen (secondary N) is 1. The maximum absolute atomic E-state index is 11.5. The smallest absolute Gasteiger partial charge is 0.210 e. The maximum atomic E-state index is 11.5. The number of thioether (sulfide) groups is 1. The summed E-state index contributed by atoms with van der Waals surface area (Å²) in [6, 6.07) is 8.14. The van der Waals surface area contributed by atoms with Crippen LogP contribution in [0.5, 0.6) is 0 Å². The molecule has 9 heteroatoms. The van der Waals surface area contributed by atoms with Gasteiger partial charge in [-0.05, 0) is 23.6 Å². The minimum atomic E-state index is -3.15. The third-order valence-corrected chi connectivity index (χ3v) is 7.93. The second-order valence-electron chi connectivity index (χ2n) is 6.08. The highest BCUT2D eigenvalue weighted by Crippen LogP contribution is 2.35. The molecule has 1 aromatic carbocycles. The van der Waals surface area contributed by atoms with Crippen LogP contribution < -0.4 is 5.32 Å². The molecule has 1 aliphatic heterocycles. The van der Waals surface area contributed by atoms with Gasteiger partial charge in [0.25, 0.3) is 0 Å². The molecule has 1 fully saturated rings. The van der Waals surface area contributed by atoms with Crippen molar-refractivity contribution >= 4 is 43.8 Å². The lowest BCUT2D eigenvalue weighted by Crippen LogP contribution is -2.19. The molecule has 130 valence electrons. The molecule has 24 heavy (non-hydrogen) atoms. The van der Waals surface area contributed by atoms with Crippen molar-refractivity contribution in [1.82, 2.24) is 10.2 Å². The molecule has 0 radical (unpaired) electrons. The number of rotatable bonds is 5. The molecule has 1 aromatic heterocycles. The zero-order valence-corrected chi connectivity index (χ0v) is 15.8. The second kappa shape index (κ2) is 6.99. The lowest BCUT2D eigenvalue weighted by molar-refractivity contribution is 0.207. The van der Waals surface area contributed by atoms with E-state index in [0.717, 1.165) is 5.69 Å². The summed E-state index contributed by atoms with van der Waals surface area (Å²) in [5.74, 6) is 0.298. The van der Waals surface area contributed by atoms with Crippen LogP contribution in [0.15, 0.2) is 28.6 Å². The Morgan fingerprint density at radius 2 is 1.96 bits per heavy atom. The van der Waals surface area contributed by atoms with E-state index in [-0.39, 0.29) is 16.8 Å². The Morgan fingerprint density at radius 1 is 1.25 bits per heavy atom. The van der Waals surface area contributed by atoms with Gasteiger partial charge in [-0.2, -0.15) is 0 Å². The summed E-state index contributed by atoms with van der Waals surface area (Å²) < 4.78 is 23.7. The zero-order valence-electron chi connectivity index (χ0n) is 13.3. The van der Waals surface area contributed by atoms with E-state index in [2.05, 4.69) is 41.5 Å². The van der Waals surface area contributed by atoms with E-state index in [9.17, 15) is 13.5 Å². The largest absolute Gasteiger partial charge is 0.391 e. The third kappa shape index (κ3) is 4.27. The number of nitrogens with zero attached hydrogens (tertiary/aromatic N) is 2. The third-order valence-electron chi connectivity index (χ3n) is 3.76. The van der Waals surface area contributed by atoms with Crippen molar-refractivity contribution in [2.24, 2.45) is 0 Å². The quantitative estimate of drug-likeness (QED) is 0.817. The number of aliphatic hydroxyl groups is 1. The number of sulfone groups is 1. The first-order chi connectivity index (χ1) is 11.3. The van der Waals surface area contributed by atoms with Crippen molar-refractivity contribution in [3.05, 3.63) is 29.8 Å². The van der Waals surface area contributed by atoms with E-state index >= 15 is 0 Å². The van der Waals surface area contributed by atoms with Crippen LogP contribution in [0.1, 0.15) is 25.3 Å². The average molecular weight is 386 g/mol. The Kier molecular flexibility index (Phi) is 5.14. The van der Waals surface area contributed by atoms with Crippen LogP contribution in [0, 0.1) is 0 Å². The number of aromatic nitrogens is 2. The zero-order chi connectivity index (χ0) is 17.3. The summed E-state index contributed by atoms with van der Waals surface area (Å²) in [5.41, 5.74) is 2.20. The van der Waals surface area contributed by atoms with Crippen molar-refractivity contribution in [2.75, 3.05) is 16.8 Å². The van der Waals surface area contributed by atoms with Crippen LogP contribution in [0.2, 0.25) is 0 Å². The Labute approximate surface area is 149 Å². The molecule has 0 amide bonds. The fourth-order valence-electron chi connectivity index (χ4n) is 2.42. The molecule has 2 heterocycles. The monoisotopic (exact) mass is 385 g/mol. The molecular weight excluding hydrogens is 366 g/mol. The van der Waals surface area contributed by atoms with Crippen LogP contribution in [0.3, 0.4) is 0 Å². The highest BCUT2D eigenvalue weighted by molar-refractivity contribution is 8.03. The molecule has 2 aromatic rings. The van der Waals surface area contributed by atoms with Gasteiger partial charge in [-0.1, -0.05) is 49.1 Å². The van der Waals surface area contributed by atoms with E-state index in [1.54, 1.807) is 0 Å². The van der Waals surface area contributed by atoms with Gasteiger partial charge in [-0.3, -0.25) is 0 Å². The first-order valence-corrected chi connectivity index (χ1v) is 11.1. The molecule has 1 aliphatic rings. The molecular formula is C15H19N3O3S3. The molecule has 3 rings (SSSR count). The second-order valence-corrected chi connectivity index (χ2v) is 10.7. The molecule has 1 saturated heterocycles. The average Bonchev–Trinajstić information content (AvgIpc) is 3.03. The van der Waals surface area contributed by atoms with Gasteiger partial charge in [0, 0.05) is 5.69 Å². The molecule has 0 bridgehead atoms. The van der Waals surface area contributed by atoms with Gasteiger partial charge < -0.3 is 10.4 Å². The van der Waals surface area contributed by atoms with Gasteiger partial charge >= 0.3 is 0 Å². The summed E-state index contributed by atoms with van der Waals surface area (Å²) in [5, 5.41) is 21.4. The highest BCUT2D eigenvalue weighted by Gasteiger charge is 2.37. The van der Waals surface area contributed by atoms with Gasteiger partial charge in [0.2, 0.25) is 5.13 Å². The van der Waals surface area contributed by atoms with E-state index < -0.39 is 15.9 Å². The number of aliphatic hydroxyl groups excluding tert-OH is 1. The fraction of sp³-hybridized carbons (Fsp3) is 0.467. The summed E-state index contributed by atoms with van der Waals surface area (Å²) in [6.45, 7) is 4.29. The Morgan fingerprint density at radius 3 is 2.54 bits per heavy atom. The van der Waals surface area contributed by atoms with Crippen molar-refractivity contribution in [3.8, 4) is 0 Å².